The Bertz CT molecular complexity index is 864. The minimum atomic E-state index is -1.28. The molecule has 2 unspecified atom stereocenters. The van der Waals surface area contributed by atoms with E-state index in [0.29, 0.717) is 0 Å². The van der Waals surface area contributed by atoms with E-state index in [0.717, 1.165) is 5.56 Å². The summed E-state index contributed by atoms with van der Waals surface area (Å²) in [6.45, 7) is 9.95. The Hall–Kier alpha value is -1.48. The number of carboxylic acid groups (broad SMARTS) is 1. The van der Waals surface area contributed by atoms with Gasteiger partial charge in [-0.05, 0) is 36.5 Å². The Kier molecular flexibility index (Phi) is 7.39. The van der Waals surface area contributed by atoms with Crippen molar-refractivity contribution in [2.24, 2.45) is 0 Å². The number of nitrogens with zero attached hydrogens (tertiary/aromatic N) is 1. The van der Waals surface area contributed by atoms with Crippen molar-refractivity contribution in [3.05, 3.63) is 41.6 Å². The van der Waals surface area contributed by atoms with Gasteiger partial charge in [0.05, 0.1) is 12.0 Å². The van der Waals surface area contributed by atoms with Gasteiger partial charge in [-0.3, -0.25) is 4.79 Å². The third-order valence-electron chi connectivity index (χ3n) is 5.22. The van der Waals surface area contributed by atoms with Gasteiger partial charge in [0.25, 0.3) is 0 Å². The number of amides is 3. The third-order valence-corrected chi connectivity index (χ3v) is 6.79. The van der Waals surface area contributed by atoms with Crippen LogP contribution in [-0.2, 0) is 15.0 Å². The molecule has 0 radical (unpaired) electrons. The maximum atomic E-state index is 12.4. The second-order valence-electron chi connectivity index (χ2n) is 8.88. The van der Waals surface area contributed by atoms with Crippen LogP contribution in [0.2, 0.25) is 0 Å². The summed E-state index contributed by atoms with van der Waals surface area (Å²) in [7, 11) is 0. The van der Waals surface area contributed by atoms with Crippen LogP contribution in [0.5, 0.6) is 0 Å². The number of carbonyl (C=O) groups excluding carboxylic acids is 3. The van der Waals surface area contributed by atoms with Crippen molar-refractivity contribution in [3.8, 4) is 0 Å². The molecule has 0 saturated carbocycles. The van der Waals surface area contributed by atoms with Crippen molar-refractivity contribution in [1.82, 2.24) is 15.5 Å². The van der Waals surface area contributed by atoms with Crippen molar-refractivity contribution in [3.63, 3.8) is 0 Å². The zero-order valence-corrected chi connectivity index (χ0v) is 21.0. The number of thioether (sulfide) groups is 1. The molecule has 0 aliphatic carbocycles. The molecule has 1 aromatic rings. The fourth-order valence-electron chi connectivity index (χ4n) is 3.62. The molecule has 3 rings (SSSR count). The van der Waals surface area contributed by atoms with E-state index in [1.807, 2.05) is 24.3 Å². The molecule has 3 amide bonds. The maximum Gasteiger partial charge on any atom is 1.00 e. The maximum absolute atomic E-state index is 12.4. The third kappa shape index (κ3) is 4.88. The van der Waals surface area contributed by atoms with E-state index >= 15 is 0 Å². The zero-order chi connectivity index (χ0) is 21.6. The molecule has 2 aliphatic rings. The molecule has 0 aromatic heterocycles. The molecule has 0 bridgehead atoms. The number of aliphatic carboxylic acids is 1. The average Bonchev–Trinajstić information content (AvgIpc) is 2.87. The first-order valence-corrected chi connectivity index (χ1v) is 10.3. The minimum Gasteiger partial charge on any atom is -0.548 e. The zero-order valence-electron chi connectivity index (χ0n) is 18.2. The number of urea groups is 1. The van der Waals surface area contributed by atoms with Gasteiger partial charge in [-0.1, -0.05) is 45.0 Å². The predicted octanol–water partition coefficient (Wildman–Crippen LogP) is -1.56. The smallest absolute Gasteiger partial charge is 0.548 e. The van der Waals surface area contributed by atoms with Crippen LogP contribution in [0.3, 0.4) is 0 Å². The van der Waals surface area contributed by atoms with Gasteiger partial charge in [-0.2, -0.15) is 0 Å². The molecule has 156 valence electrons. The average molecular weight is 440 g/mol. The first kappa shape index (κ1) is 24.8. The minimum absolute atomic E-state index is 0. The number of benzene rings is 1. The molecule has 2 N–H and O–H groups in total. The largest absolute Gasteiger partial charge is 1.00 e. The number of carboxylic acids is 1. The van der Waals surface area contributed by atoms with Crippen molar-refractivity contribution in [2.75, 3.05) is 0 Å². The molecule has 7 nitrogen and oxygen atoms in total. The summed E-state index contributed by atoms with van der Waals surface area (Å²) in [5, 5.41) is 16.2. The molecule has 2 saturated heterocycles. The van der Waals surface area contributed by atoms with E-state index in [1.165, 1.54) is 28.4 Å². The van der Waals surface area contributed by atoms with E-state index in [1.54, 1.807) is 19.9 Å². The van der Waals surface area contributed by atoms with E-state index in [9.17, 15) is 19.5 Å². The first-order chi connectivity index (χ1) is 13.4. The summed E-state index contributed by atoms with van der Waals surface area (Å²) >= 11 is 1.36. The van der Waals surface area contributed by atoms with Gasteiger partial charge in [0.2, 0.25) is 5.91 Å². The number of β-lactam (4-membered cyclic amide) rings is 1. The Morgan fingerprint density at radius 2 is 1.80 bits per heavy atom. The van der Waals surface area contributed by atoms with Gasteiger partial charge < -0.3 is 25.4 Å². The second kappa shape index (κ2) is 8.94. The van der Waals surface area contributed by atoms with Crippen molar-refractivity contribution >= 4 is 35.7 Å². The summed E-state index contributed by atoms with van der Waals surface area (Å²) in [5.74, 6) is -1.68. The first-order valence-electron chi connectivity index (χ1n) is 9.47. The van der Waals surface area contributed by atoms with Gasteiger partial charge in [-0.25, -0.2) is 4.79 Å². The van der Waals surface area contributed by atoms with Crippen molar-refractivity contribution in [1.29, 1.82) is 0 Å². The van der Waals surface area contributed by atoms with Gasteiger partial charge in [0.1, 0.15) is 11.4 Å². The molecule has 2 heterocycles. The van der Waals surface area contributed by atoms with Crippen LogP contribution in [0, 0.1) is 0 Å². The number of rotatable bonds is 4. The molecule has 2 aliphatic heterocycles. The Balaban J connectivity index is 0.00000320. The standard InChI is InChI=1S/C21H27N3O4S.Na/c1-20(2,3)13-8-6-12(7-9-13)10-11-22-19(28)23-14-16(25)24-15(18(26)27)21(4,5)29-17(14)24;/h6-11,14-15,17H,1-5H3,(H,26,27)(H2,22,23,28);/q;+1/p-1/b11-10+;/t14?,15-,17?;/m0./s1. The summed E-state index contributed by atoms with van der Waals surface area (Å²) in [6.07, 6.45) is 3.28. The molecule has 30 heavy (non-hydrogen) atoms. The van der Waals surface area contributed by atoms with Gasteiger partial charge in [0, 0.05) is 10.9 Å². The molecule has 2 fully saturated rings. The Labute approximate surface area is 203 Å². The normalized spacial score (nSPS) is 24.6. The Morgan fingerprint density at radius 1 is 1.20 bits per heavy atom. The predicted molar refractivity (Wildman–Crippen MR) is 111 cm³/mol. The van der Waals surface area contributed by atoms with Crippen molar-refractivity contribution in [2.45, 2.75) is 62.2 Å². The van der Waals surface area contributed by atoms with Gasteiger partial charge >= 0.3 is 35.6 Å². The van der Waals surface area contributed by atoms with E-state index < -0.39 is 40.1 Å². The van der Waals surface area contributed by atoms with E-state index in [4.69, 9.17) is 0 Å². The monoisotopic (exact) mass is 439 g/mol. The number of fused-ring (bicyclic) bond motifs is 1. The summed E-state index contributed by atoms with van der Waals surface area (Å²) < 4.78 is -0.675. The van der Waals surface area contributed by atoms with Crippen LogP contribution < -0.4 is 45.3 Å². The topological polar surface area (TPSA) is 102 Å². The number of hydrogen-bond acceptors (Lipinski definition) is 5. The second-order valence-corrected chi connectivity index (χ2v) is 10.7. The SMILES string of the molecule is CC(C)(C)c1ccc(/C=C/NC(=O)NC2C(=O)N3C2SC(C)(C)[C@@H]3C(=O)[O-])cc1.[Na+]. The van der Waals surface area contributed by atoms with E-state index in [2.05, 4.69) is 31.4 Å². The molecule has 0 spiro atoms. The molecular formula is C21H26N3NaO4S. The fourth-order valence-corrected chi connectivity index (χ4v) is 5.24. The van der Waals surface area contributed by atoms with Crippen molar-refractivity contribution < 1.29 is 49.0 Å². The Morgan fingerprint density at radius 3 is 2.33 bits per heavy atom. The molecule has 1 aromatic carbocycles. The number of nitrogens with one attached hydrogen (secondary N) is 2. The van der Waals surface area contributed by atoms with Gasteiger partial charge in [0.15, 0.2) is 0 Å². The van der Waals surface area contributed by atoms with Crippen LogP contribution in [0.4, 0.5) is 4.79 Å². The summed E-state index contributed by atoms with van der Waals surface area (Å²) in [6, 6.07) is 5.79. The van der Waals surface area contributed by atoms with Crippen LogP contribution >= 0.6 is 11.8 Å². The molecule has 3 atom stereocenters. The molecule has 9 heteroatoms. The van der Waals surface area contributed by atoms with Crippen LogP contribution in [0.15, 0.2) is 30.5 Å². The fraction of sp³-hybridized carbons (Fsp3) is 0.476. The summed E-state index contributed by atoms with van der Waals surface area (Å²) in [5.41, 5.74) is 2.24. The van der Waals surface area contributed by atoms with Crippen LogP contribution in [-0.4, -0.2) is 45.0 Å². The van der Waals surface area contributed by atoms with E-state index in [-0.39, 0.29) is 35.0 Å². The van der Waals surface area contributed by atoms with Crippen LogP contribution in [0.1, 0.15) is 45.7 Å². The summed E-state index contributed by atoms with van der Waals surface area (Å²) in [4.78, 5) is 37.2. The van der Waals surface area contributed by atoms with Gasteiger partial charge in [-0.15, -0.1) is 11.8 Å². The quantitative estimate of drug-likeness (QED) is 0.437. The molecular weight excluding hydrogens is 413 g/mol. The van der Waals surface area contributed by atoms with Crippen LogP contribution in [0.25, 0.3) is 6.08 Å². The number of hydrogen-bond donors (Lipinski definition) is 2. The number of carbonyl (C=O) groups is 3.